The third-order valence-corrected chi connectivity index (χ3v) is 4.91. The second-order valence-electron chi connectivity index (χ2n) is 5.76. The van der Waals surface area contributed by atoms with Crippen LogP contribution in [0.1, 0.15) is 6.92 Å². The van der Waals surface area contributed by atoms with Crippen LogP contribution in [0.4, 0.5) is 10.3 Å². The van der Waals surface area contributed by atoms with E-state index in [1.165, 1.54) is 12.1 Å². The summed E-state index contributed by atoms with van der Waals surface area (Å²) in [6.07, 6.45) is 5.08. The summed E-state index contributed by atoms with van der Waals surface area (Å²) >= 11 is 1.86. The number of fused-ring (bicyclic) bond motifs is 1. The number of halogens is 1. The Labute approximate surface area is 159 Å². The molecule has 27 heavy (non-hydrogen) atoms. The van der Waals surface area contributed by atoms with Gasteiger partial charge in [0.05, 0.1) is 5.69 Å². The molecule has 1 aromatic carbocycles. The van der Waals surface area contributed by atoms with Crippen molar-refractivity contribution in [3.05, 3.63) is 54.8 Å². The zero-order chi connectivity index (χ0) is 18.6. The first-order chi connectivity index (χ1) is 13.3. The monoisotopic (exact) mass is 383 g/mol. The Kier molecular flexibility index (Phi) is 5.06. The van der Waals surface area contributed by atoms with Crippen LogP contribution < -0.4 is 5.32 Å². The van der Waals surface area contributed by atoms with E-state index in [4.69, 9.17) is 4.42 Å². The van der Waals surface area contributed by atoms with Crippen molar-refractivity contribution in [2.24, 2.45) is 0 Å². The fourth-order valence-corrected chi connectivity index (χ4v) is 3.33. The van der Waals surface area contributed by atoms with Crippen LogP contribution in [0.15, 0.2) is 53.4 Å². The summed E-state index contributed by atoms with van der Waals surface area (Å²) in [6, 6.07) is 8.05. The maximum Gasteiger partial charge on any atom is 0.306 e. The quantitative estimate of drug-likeness (QED) is 0.479. The lowest BCUT2D eigenvalue weighted by Crippen LogP contribution is -2.08. The molecule has 0 bridgehead atoms. The second kappa shape index (κ2) is 7.79. The Hall–Kier alpha value is -2.87. The molecule has 0 unspecified atom stereocenters. The molecule has 6 nitrogen and oxygen atoms in total. The van der Waals surface area contributed by atoms with E-state index in [1.54, 1.807) is 30.8 Å². The summed E-state index contributed by atoms with van der Waals surface area (Å²) in [7, 11) is 0. The molecule has 0 aliphatic heterocycles. The highest BCUT2D eigenvalue weighted by Gasteiger charge is 2.19. The first kappa shape index (κ1) is 17.5. The Balaban J connectivity index is 1.73. The van der Waals surface area contributed by atoms with E-state index >= 15 is 0 Å². The predicted molar refractivity (Wildman–Crippen MR) is 105 cm³/mol. The minimum atomic E-state index is -0.290. The number of imidazole rings is 1. The van der Waals surface area contributed by atoms with Crippen LogP contribution in [0.5, 0.6) is 0 Å². The van der Waals surface area contributed by atoms with Crippen LogP contribution in [-0.4, -0.2) is 37.4 Å². The van der Waals surface area contributed by atoms with E-state index in [-0.39, 0.29) is 5.82 Å². The Morgan fingerprint density at radius 2 is 2.04 bits per heavy atom. The number of hydrogen-bond acceptors (Lipinski definition) is 6. The largest absolute Gasteiger partial charge is 0.432 e. The Bertz CT molecular complexity index is 1040. The molecular formula is C19H18FN5OS. The average Bonchev–Trinajstić information content (AvgIpc) is 3.27. The summed E-state index contributed by atoms with van der Waals surface area (Å²) in [5, 5.41) is 3.24. The zero-order valence-corrected chi connectivity index (χ0v) is 15.5. The van der Waals surface area contributed by atoms with Crippen molar-refractivity contribution in [2.45, 2.75) is 6.92 Å². The number of aromatic nitrogens is 4. The standard InChI is InChI=1S/C19H18FN5OS/c1-2-27-12-9-22-18-21-8-7-15(23-18)17-16(13-3-5-14(20)6-4-13)24-19-25(17)10-11-26-19/h3-8,10-11H,2,9,12H2,1H3,(H,21,22,23). The van der Waals surface area contributed by atoms with Crippen molar-refractivity contribution in [1.82, 2.24) is 19.4 Å². The van der Waals surface area contributed by atoms with E-state index in [1.807, 2.05) is 22.2 Å². The van der Waals surface area contributed by atoms with Gasteiger partial charge in [-0.25, -0.2) is 14.4 Å². The molecule has 1 N–H and O–H groups in total. The SMILES string of the molecule is CCSCCNc1nccc(-c2c(-c3ccc(F)cc3)nc3occn23)n1. The van der Waals surface area contributed by atoms with Crippen LogP contribution in [-0.2, 0) is 0 Å². The molecule has 3 heterocycles. The lowest BCUT2D eigenvalue weighted by molar-refractivity contribution is 0.596. The molecule has 0 radical (unpaired) electrons. The van der Waals surface area contributed by atoms with Crippen molar-refractivity contribution < 1.29 is 8.81 Å². The highest BCUT2D eigenvalue weighted by atomic mass is 32.2. The highest BCUT2D eigenvalue weighted by Crippen LogP contribution is 2.32. The predicted octanol–water partition coefficient (Wildman–Crippen LogP) is 4.36. The van der Waals surface area contributed by atoms with Gasteiger partial charge in [-0.15, -0.1) is 0 Å². The zero-order valence-electron chi connectivity index (χ0n) is 14.7. The third kappa shape index (κ3) is 3.66. The van der Waals surface area contributed by atoms with Crippen LogP contribution >= 0.6 is 11.8 Å². The molecule has 3 aromatic heterocycles. The molecular weight excluding hydrogens is 365 g/mol. The van der Waals surface area contributed by atoms with Gasteiger partial charge in [0, 0.05) is 30.3 Å². The first-order valence-corrected chi connectivity index (χ1v) is 9.78. The van der Waals surface area contributed by atoms with Crippen LogP contribution in [0.2, 0.25) is 0 Å². The number of thioether (sulfide) groups is 1. The topological polar surface area (TPSA) is 68.2 Å². The maximum absolute atomic E-state index is 13.3. The van der Waals surface area contributed by atoms with Gasteiger partial charge in [0.1, 0.15) is 23.5 Å². The molecule has 0 aliphatic carbocycles. The normalized spacial score (nSPS) is 11.2. The molecule has 4 aromatic rings. The number of nitrogens with zero attached hydrogens (tertiary/aromatic N) is 4. The number of anilines is 1. The van der Waals surface area contributed by atoms with Gasteiger partial charge in [0.2, 0.25) is 5.95 Å². The molecule has 0 spiro atoms. The van der Waals surface area contributed by atoms with E-state index in [9.17, 15) is 4.39 Å². The molecule has 0 saturated carbocycles. The van der Waals surface area contributed by atoms with Crippen molar-refractivity contribution in [2.75, 3.05) is 23.4 Å². The van der Waals surface area contributed by atoms with E-state index in [0.29, 0.717) is 23.2 Å². The van der Waals surface area contributed by atoms with Crippen molar-refractivity contribution in [3.63, 3.8) is 0 Å². The minimum Gasteiger partial charge on any atom is -0.432 e. The summed E-state index contributed by atoms with van der Waals surface area (Å²) < 4.78 is 20.6. The summed E-state index contributed by atoms with van der Waals surface area (Å²) in [4.78, 5) is 13.5. The number of rotatable bonds is 7. The van der Waals surface area contributed by atoms with E-state index in [0.717, 1.165) is 29.3 Å². The molecule has 0 saturated heterocycles. The minimum absolute atomic E-state index is 0.290. The van der Waals surface area contributed by atoms with Gasteiger partial charge >= 0.3 is 5.84 Å². The van der Waals surface area contributed by atoms with Gasteiger partial charge in [-0.1, -0.05) is 6.92 Å². The number of benzene rings is 1. The van der Waals surface area contributed by atoms with Crippen LogP contribution in [0, 0.1) is 5.82 Å². The summed E-state index contributed by atoms with van der Waals surface area (Å²) in [6.45, 7) is 2.93. The van der Waals surface area contributed by atoms with Gasteiger partial charge in [0.25, 0.3) is 0 Å². The first-order valence-electron chi connectivity index (χ1n) is 8.63. The molecule has 4 rings (SSSR count). The molecule has 0 aliphatic rings. The van der Waals surface area contributed by atoms with Crippen molar-refractivity contribution in [1.29, 1.82) is 0 Å². The maximum atomic E-state index is 13.3. The third-order valence-electron chi connectivity index (χ3n) is 4.01. The lowest BCUT2D eigenvalue weighted by Gasteiger charge is -2.07. The summed E-state index contributed by atoms with van der Waals surface area (Å²) in [5.41, 5.74) is 2.96. The number of oxazole rings is 1. The Morgan fingerprint density at radius 3 is 2.85 bits per heavy atom. The van der Waals surface area contributed by atoms with Crippen molar-refractivity contribution >= 4 is 23.6 Å². The van der Waals surface area contributed by atoms with Crippen LogP contribution in [0.3, 0.4) is 0 Å². The Morgan fingerprint density at radius 1 is 1.19 bits per heavy atom. The van der Waals surface area contributed by atoms with Crippen LogP contribution in [0.25, 0.3) is 28.5 Å². The van der Waals surface area contributed by atoms with E-state index < -0.39 is 0 Å². The van der Waals surface area contributed by atoms with Gasteiger partial charge in [0.15, 0.2) is 0 Å². The molecule has 138 valence electrons. The number of hydrogen-bond donors (Lipinski definition) is 1. The molecule has 0 amide bonds. The fraction of sp³-hybridized carbons (Fsp3) is 0.211. The van der Waals surface area contributed by atoms with Gasteiger partial charge in [-0.05, 0) is 36.1 Å². The smallest absolute Gasteiger partial charge is 0.306 e. The number of nitrogens with one attached hydrogen (secondary N) is 1. The van der Waals surface area contributed by atoms with Crippen molar-refractivity contribution in [3.8, 4) is 22.6 Å². The van der Waals surface area contributed by atoms with E-state index in [2.05, 4.69) is 27.2 Å². The summed E-state index contributed by atoms with van der Waals surface area (Å²) in [5.74, 6) is 2.80. The second-order valence-corrected chi connectivity index (χ2v) is 7.15. The van der Waals surface area contributed by atoms with Gasteiger partial charge < -0.3 is 9.73 Å². The van der Waals surface area contributed by atoms with Gasteiger partial charge in [-0.3, -0.25) is 4.40 Å². The highest BCUT2D eigenvalue weighted by molar-refractivity contribution is 7.99. The fourth-order valence-electron chi connectivity index (χ4n) is 2.79. The lowest BCUT2D eigenvalue weighted by atomic mass is 10.1. The average molecular weight is 383 g/mol. The van der Waals surface area contributed by atoms with Gasteiger partial charge in [-0.2, -0.15) is 16.7 Å². The molecule has 0 fully saturated rings. The molecule has 0 atom stereocenters. The molecule has 8 heteroatoms.